The zero-order chi connectivity index (χ0) is 28.9. The zero-order valence-corrected chi connectivity index (χ0v) is 24.7. The van der Waals surface area contributed by atoms with Crippen LogP contribution < -0.4 is 5.43 Å². The molecular weight excluding hydrogens is 522 g/mol. The van der Waals surface area contributed by atoms with Crippen molar-refractivity contribution in [2.45, 2.75) is 77.7 Å². The number of benzene rings is 2. The van der Waals surface area contributed by atoms with Gasteiger partial charge in [0, 0.05) is 22.5 Å². The van der Waals surface area contributed by atoms with E-state index in [9.17, 15) is 9.59 Å². The highest BCUT2D eigenvalue weighted by Crippen LogP contribution is 2.65. The van der Waals surface area contributed by atoms with E-state index in [-0.39, 0.29) is 28.8 Å². The van der Waals surface area contributed by atoms with Crippen molar-refractivity contribution in [1.29, 1.82) is 0 Å². The largest absolute Gasteiger partial charge is 0.458 e. The van der Waals surface area contributed by atoms with Crippen LogP contribution in [0.4, 0.5) is 0 Å². The summed E-state index contributed by atoms with van der Waals surface area (Å²) in [6, 6.07) is 17.5. The molecule has 0 aliphatic heterocycles. The predicted octanol–water partition coefficient (Wildman–Crippen LogP) is 7.37. The highest BCUT2D eigenvalue weighted by Gasteiger charge is 2.59. The molecule has 6 heteroatoms. The molecule has 4 aliphatic carbocycles. The maximum atomic E-state index is 12.9. The SMILES string of the molecule is CC12CC/C(=N/NC(=O)Cc3c[nH]c4ccccc34)C=C1CCC1C2CCC2(C)C(OC(=O)c3ccccc3)CCC12. The van der Waals surface area contributed by atoms with Crippen LogP contribution in [0, 0.1) is 28.6 Å². The Bertz CT molecular complexity index is 1570. The number of nitrogens with zero attached hydrogens (tertiary/aromatic N) is 1. The molecule has 7 rings (SSSR count). The minimum Gasteiger partial charge on any atom is -0.458 e. The molecular formula is C36H41N3O3. The summed E-state index contributed by atoms with van der Waals surface area (Å²) in [5.74, 6) is 1.65. The Hall–Kier alpha value is -3.67. The van der Waals surface area contributed by atoms with Crippen LogP contribution in [0.25, 0.3) is 10.9 Å². The number of aromatic amines is 1. The molecule has 3 fully saturated rings. The second kappa shape index (κ2) is 10.6. The summed E-state index contributed by atoms with van der Waals surface area (Å²) in [6.45, 7) is 4.87. The highest BCUT2D eigenvalue weighted by molar-refractivity contribution is 5.98. The molecule has 2 N–H and O–H groups in total. The smallest absolute Gasteiger partial charge is 0.338 e. The lowest BCUT2D eigenvalue weighted by molar-refractivity contribution is -0.120. The van der Waals surface area contributed by atoms with Crippen molar-refractivity contribution in [2.75, 3.05) is 0 Å². The van der Waals surface area contributed by atoms with E-state index in [1.165, 1.54) is 18.4 Å². The number of esters is 1. The van der Waals surface area contributed by atoms with Crippen LogP contribution in [0.1, 0.15) is 81.1 Å². The molecule has 218 valence electrons. The van der Waals surface area contributed by atoms with Crippen LogP contribution in [0.3, 0.4) is 0 Å². The third-order valence-corrected chi connectivity index (χ3v) is 11.5. The first-order valence-electron chi connectivity index (χ1n) is 15.7. The Kier molecular flexibility index (Phi) is 6.83. The van der Waals surface area contributed by atoms with Gasteiger partial charge in [0.1, 0.15) is 6.10 Å². The Labute approximate surface area is 248 Å². The summed E-state index contributed by atoms with van der Waals surface area (Å²) in [4.78, 5) is 28.9. The van der Waals surface area contributed by atoms with Gasteiger partial charge in [0.25, 0.3) is 0 Å². The molecule has 0 radical (unpaired) electrons. The van der Waals surface area contributed by atoms with Crippen molar-refractivity contribution < 1.29 is 14.3 Å². The molecule has 6 atom stereocenters. The predicted molar refractivity (Wildman–Crippen MR) is 165 cm³/mol. The summed E-state index contributed by atoms with van der Waals surface area (Å²) >= 11 is 0. The Morgan fingerprint density at radius 2 is 1.76 bits per heavy atom. The number of hydrogen-bond acceptors (Lipinski definition) is 4. The van der Waals surface area contributed by atoms with Crippen molar-refractivity contribution in [3.05, 3.63) is 83.6 Å². The number of nitrogens with one attached hydrogen (secondary N) is 2. The fourth-order valence-electron chi connectivity index (χ4n) is 9.20. The fraction of sp³-hybridized carbons (Fsp3) is 0.472. The molecule has 1 amide bonds. The van der Waals surface area contributed by atoms with Gasteiger partial charge in [0.05, 0.1) is 17.7 Å². The highest BCUT2D eigenvalue weighted by atomic mass is 16.5. The molecule has 2 aromatic carbocycles. The Morgan fingerprint density at radius 3 is 2.62 bits per heavy atom. The van der Waals surface area contributed by atoms with Crippen molar-refractivity contribution >= 4 is 28.5 Å². The third-order valence-electron chi connectivity index (χ3n) is 11.5. The number of aromatic nitrogens is 1. The van der Waals surface area contributed by atoms with Gasteiger partial charge in [-0.25, -0.2) is 10.2 Å². The summed E-state index contributed by atoms with van der Waals surface area (Å²) in [6.07, 6.45) is 13.1. The zero-order valence-electron chi connectivity index (χ0n) is 24.7. The van der Waals surface area contributed by atoms with Crippen molar-refractivity contribution in [3.8, 4) is 0 Å². The number of allylic oxidation sites excluding steroid dienone is 2. The summed E-state index contributed by atoms with van der Waals surface area (Å²) in [5.41, 5.74) is 8.24. The van der Waals surface area contributed by atoms with Crippen molar-refractivity contribution in [1.82, 2.24) is 10.4 Å². The molecule has 1 heterocycles. The average Bonchev–Trinajstić information content (AvgIpc) is 3.56. The van der Waals surface area contributed by atoms with Crippen LogP contribution >= 0.6 is 0 Å². The number of fused-ring (bicyclic) bond motifs is 6. The third kappa shape index (κ3) is 4.60. The maximum absolute atomic E-state index is 12.9. The van der Waals surface area contributed by atoms with Gasteiger partial charge in [-0.05, 0) is 104 Å². The van der Waals surface area contributed by atoms with Gasteiger partial charge in [-0.3, -0.25) is 4.79 Å². The van der Waals surface area contributed by atoms with E-state index in [4.69, 9.17) is 4.74 Å². The van der Waals surface area contributed by atoms with Gasteiger partial charge in [0.2, 0.25) is 5.91 Å². The number of hydrogen-bond donors (Lipinski definition) is 2. The first kappa shape index (κ1) is 27.2. The van der Waals surface area contributed by atoms with Crippen LogP contribution in [0.2, 0.25) is 0 Å². The van der Waals surface area contributed by atoms with Gasteiger partial charge < -0.3 is 9.72 Å². The standard InChI is InChI=1S/C36H41N3O3/c1-35-18-16-26(38-39-33(40)20-24-22-37-31-11-7-6-10-27(24)31)21-25(35)12-13-28-29-14-15-32(36(29,2)19-17-30(28)35)42-34(41)23-8-4-3-5-9-23/h3-11,21-22,28-30,32,37H,12-20H2,1-2H3,(H,39,40)/b38-26-. The molecule has 0 spiro atoms. The van der Waals surface area contributed by atoms with E-state index in [0.717, 1.165) is 60.7 Å². The minimum absolute atomic E-state index is 0.00105. The van der Waals surface area contributed by atoms with Gasteiger partial charge in [-0.15, -0.1) is 0 Å². The second-order valence-corrected chi connectivity index (χ2v) is 13.6. The Balaban J connectivity index is 1.02. The lowest BCUT2D eigenvalue weighted by Gasteiger charge is -2.58. The van der Waals surface area contributed by atoms with Crippen LogP contribution in [0.15, 0.2) is 77.5 Å². The normalized spacial score (nSPS) is 32.9. The Morgan fingerprint density at radius 1 is 0.952 bits per heavy atom. The van der Waals surface area contributed by atoms with Crippen LogP contribution in [-0.4, -0.2) is 28.7 Å². The molecule has 3 aromatic rings. The van der Waals surface area contributed by atoms with E-state index < -0.39 is 0 Å². The first-order valence-corrected chi connectivity index (χ1v) is 15.7. The monoisotopic (exact) mass is 563 g/mol. The number of amides is 1. The van der Waals surface area contributed by atoms with Gasteiger partial charge in [0.15, 0.2) is 0 Å². The van der Waals surface area contributed by atoms with E-state index in [1.54, 1.807) is 0 Å². The number of rotatable bonds is 5. The number of para-hydroxylation sites is 1. The van der Waals surface area contributed by atoms with Gasteiger partial charge in [-0.2, -0.15) is 5.10 Å². The number of hydrazone groups is 1. The number of ether oxygens (including phenoxy) is 1. The van der Waals surface area contributed by atoms with Crippen LogP contribution in [-0.2, 0) is 16.0 Å². The first-order chi connectivity index (χ1) is 20.3. The molecule has 0 saturated heterocycles. The average molecular weight is 564 g/mol. The number of carbonyl (C=O) groups is 2. The fourth-order valence-corrected chi connectivity index (χ4v) is 9.20. The quantitative estimate of drug-likeness (QED) is 0.251. The number of H-pyrrole nitrogens is 1. The lowest BCUT2D eigenvalue weighted by Crippen LogP contribution is -2.51. The molecule has 1 aromatic heterocycles. The molecule has 6 unspecified atom stereocenters. The van der Waals surface area contributed by atoms with Crippen molar-refractivity contribution in [2.24, 2.45) is 33.7 Å². The topological polar surface area (TPSA) is 83.6 Å². The maximum Gasteiger partial charge on any atom is 0.338 e. The molecule has 0 bridgehead atoms. The van der Waals surface area contributed by atoms with E-state index in [0.29, 0.717) is 29.7 Å². The molecule has 4 aliphatic rings. The molecule has 6 nitrogen and oxygen atoms in total. The number of carbonyl (C=O) groups excluding carboxylic acids is 2. The van der Waals surface area contributed by atoms with Gasteiger partial charge >= 0.3 is 5.97 Å². The van der Waals surface area contributed by atoms with Crippen LogP contribution in [0.5, 0.6) is 0 Å². The lowest BCUT2D eigenvalue weighted by atomic mass is 9.47. The van der Waals surface area contributed by atoms with E-state index in [1.807, 2.05) is 60.8 Å². The van der Waals surface area contributed by atoms with E-state index in [2.05, 4.69) is 35.4 Å². The summed E-state index contributed by atoms with van der Waals surface area (Å²) in [7, 11) is 0. The van der Waals surface area contributed by atoms with Crippen molar-refractivity contribution in [3.63, 3.8) is 0 Å². The molecule has 42 heavy (non-hydrogen) atoms. The van der Waals surface area contributed by atoms with E-state index >= 15 is 0 Å². The second-order valence-electron chi connectivity index (χ2n) is 13.6. The molecule has 3 saturated carbocycles. The summed E-state index contributed by atoms with van der Waals surface area (Å²) in [5, 5.41) is 5.66. The minimum atomic E-state index is -0.182. The summed E-state index contributed by atoms with van der Waals surface area (Å²) < 4.78 is 6.19. The van der Waals surface area contributed by atoms with Gasteiger partial charge in [-0.1, -0.05) is 55.8 Å².